The predicted octanol–water partition coefficient (Wildman–Crippen LogP) is 2.69. The van der Waals surface area contributed by atoms with Crippen LogP contribution in [0.15, 0.2) is 24.3 Å². The molecule has 25 heavy (non-hydrogen) atoms. The smallest absolute Gasteiger partial charge is 0.255 e. The number of ether oxygens (including phenoxy) is 2. The Kier molecular flexibility index (Phi) is 5.78. The SMILES string of the molecule is Cc1ccc(-c2nc(NC(=O)C(C)OCC3CCCCO3)n[nH]2)cc1. The number of rotatable bonds is 6. The average Bonchev–Trinajstić information content (AvgIpc) is 3.09. The molecular weight excluding hydrogens is 320 g/mol. The van der Waals surface area contributed by atoms with E-state index >= 15 is 0 Å². The minimum absolute atomic E-state index is 0.0839. The summed E-state index contributed by atoms with van der Waals surface area (Å²) in [7, 11) is 0. The van der Waals surface area contributed by atoms with Crippen molar-refractivity contribution in [3.05, 3.63) is 29.8 Å². The molecule has 0 aliphatic carbocycles. The lowest BCUT2D eigenvalue weighted by Gasteiger charge is -2.23. The summed E-state index contributed by atoms with van der Waals surface area (Å²) in [6.07, 6.45) is 2.72. The molecular formula is C18H24N4O3. The fourth-order valence-electron chi connectivity index (χ4n) is 2.64. The summed E-state index contributed by atoms with van der Waals surface area (Å²) >= 11 is 0. The number of aryl methyl sites for hydroxylation is 1. The van der Waals surface area contributed by atoms with E-state index in [1.165, 1.54) is 5.56 Å². The third kappa shape index (κ3) is 4.87. The van der Waals surface area contributed by atoms with Crippen molar-refractivity contribution in [1.82, 2.24) is 15.2 Å². The van der Waals surface area contributed by atoms with Crippen LogP contribution in [0.25, 0.3) is 11.4 Å². The summed E-state index contributed by atoms with van der Waals surface area (Å²) in [5.74, 6) is 0.578. The number of hydrogen-bond donors (Lipinski definition) is 2. The van der Waals surface area contributed by atoms with Crippen molar-refractivity contribution in [1.29, 1.82) is 0 Å². The van der Waals surface area contributed by atoms with Crippen molar-refractivity contribution < 1.29 is 14.3 Å². The molecule has 7 nitrogen and oxygen atoms in total. The van der Waals surface area contributed by atoms with Crippen molar-refractivity contribution in [2.24, 2.45) is 0 Å². The highest BCUT2D eigenvalue weighted by Crippen LogP contribution is 2.17. The Morgan fingerprint density at radius 3 is 2.92 bits per heavy atom. The van der Waals surface area contributed by atoms with Crippen LogP contribution in [-0.4, -0.2) is 46.5 Å². The standard InChI is InChI=1S/C18H24N4O3/c1-12-6-8-14(9-7-12)16-19-18(22-21-16)20-17(23)13(2)25-11-15-5-3-4-10-24-15/h6-9,13,15H,3-5,10-11H2,1-2H3,(H2,19,20,21,22,23). The zero-order valence-corrected chi connectivity index (χ0v) is 14.6. The largest absolute Gasteiger partial charge is 0.376 e. The first-order chi connectivity index (χ1) is 12.1. The quantitative estimate of drug-likeness (QED) is 0.841. The van der Waals surface area contributed by atoms with Crippen LogP contribution >= 0.6 is 0 Å². The Balaban J connectivity index is 1.51. The Morgan fingerprint density at radius 2 is 2.20 bits per heavy atom. The highest BCUT2D eigenvalue weighted by Gasteiger charge is 2.20. The second-order valence-corrected chi connectivity index (χ2v) is 6.33. The number of hydrogen-bond acceptors (Lipinski definition) is 5. The molecule has 1 amide bonds. The molecule has 1 saturated heterocycles. The number of nitrogens with one attached hydrogen (secondary N) is 2. The molecule has 0 spiro atoms. The molecule has 1 aliphatic heterocycles. The van der Waals surface area contributed by atoms with Gasteiger partial charge in [0.05, 0.1) is 12.7 Å². The first-order valence-electron chi connectivity index (χ1n) is 8.65. The number of amides is 1. The van der Waals surface area contributed by atoms with Gasteiger partial charge >= 0.3 is 0 Å². The van der Waals surface area contributed by atoms with Crippen LogP contribution in [-0.2, 0) is 14.3 Å². The molecule has 1 aliphatic rings. The summed E-state index contributed by atoms with van der Waals surface area (Å²) in [6, 6.07) is 7.91. The number of nitrogens with zero attached hydrogens (tertiary/aromatic N) is 2. The van der Waals surface area contributed by atoms with E-state index in [-0.39, 0.29) is 18.0 Å². The van der Waals surface area contributed by atoms with Gasteiger partial charge in [0.2, 0.25) is 5.95 Å². The maximum Gasteiger partial charge on any atom is 0.255 e. The van der Waals surface area contributed by atoms with Crippen molar-refractivity contribution in [2.75, 3.05) is 18.5 Å². The van der Waals surface area contributed by atoms with Crippen LogP contribution in [0.3, 0.4) is 0 Å². The molecule has 2 heterocycles. The summed E-state index contributed by atoms with van der Waals surface area (Å²) in [6.45, 7) is 4.94. The molecule has 2 unspecified atom stereocenters. The van der Waals surface area contributed by atoms with Gasteiger partial charge in [-0.25, -0.2) is 0 Å². The predicted molar refractivity (Wildman–Crippen MR) is 94.2 cm³/mol. The first-order valence-corrected chi connectivity index (χ1v) is 8.65. The number of aromatic nitrogens is 3. The molecule has 3 rings (SSSR count). The lowest BCUT2D eigenvalue weighted by molar-refractivity contribution is -0.130. The number of aromatic amines is 1. The van der Waals surface area contributed by atoms with E-state index < -0.39 is 6.10 Å². The minimum atomic E-state index is -0.591. The lowest BCUT2D eigenvalue weighted by atomic mass is 10.1. The molecule has 0 radical (unpaired) electrons. The van der Waals surface area contributed by atoms with Crippen LogP contribution in [0.5, 0.6) is 0 Å². The molecule has 1 aromatic heterocycles. The van der Waals surface area contributed by atoms with E-state index in [0.29, 0.717) is 12.4 Å². The highest BCUT2D eigenvalue weighted by molar-refractivity contribution is 5.92. The van der Waals surface area contributed by atoms with E-state index in [1.54, 1.807) is 6.92 Å². The van der Waals surface area contributed by atoms with Gasteiger partial charge in [-0.2, -0.15) is 4.98 Å². The van der Waals surface area contributed by atoms with Gasteiger partial charge in [0.15, 0.2) is 5.82 Å². The van der Waals surface area contributed by atoms with Crippen molar-refractivity contribution in [2.45, 2.75) is 45.3 Å². The number of anilines is 1. The van der Waals surface area contributed by atoms with E-state index in [9.17, 15) is 4.79 Å². The Hall–Kier alpha value is -2.25. The Bertz CT molecular complexity index is 693. The third-order valence-electron chi connectivity index (χ3n) is 4.22. The number of carbonyl (C=O) groups excluding carboxylic acids is 1. The molecule has 2 N–H and O–H groups in total. The van der Waals surface area contributed by atoms with Crippen LogP contribution in [0.1, 0.15) is 31.7 Å². The van der Waals surface area contributed by atoms with Gasteiger partial charge in [0.1, 0.15) is 6.10 Å². The van der Waals surface area contributed by atoms with Crippen molar-refractivity contribution in [3.63, 3.8) is 0 Å². The zero-order valence-electron chi connectivity index (χ0n) is 14.6. The maximum absolute atomic E-state index is 12.2. The van der Waals surface area contributed by atoms with Crippen LogP contribution in [0.2, 0.25) is 0 Å². The van der Waals surface area contributed by atoms with Crippen LogP contribution < -0.4 is 5.32 Å². The maximum atomic E-state index is 12.2. The van der Waals surface area contributed by atoms with Gasteiger partial charge in [0, 0.05) is 12.2 Å². The molecule has 134 valence electrons. The second kappa shape index (κ2) is 8.22. The molecule has 1 fully saturated rings. The fourth-order valence-corrected chi connectivity index (χ4v) is 2.64. The number of H-pyrrole nitrogens is 1. The van der Waals surface area contributed by atoms with Gasteiger partial charge in [-0.1, -0.05) is 29.8 Å². The summed E-state index contributed by atoms with van der Waals surface area (Å²) in [5.41, 5.74) is 2.09. The number of carbonyl (C=O) groups is 1. The van der Waals surface area contributed by atoms with Crippen molar-refractivity contribution in [3.8, 4) is 11.4 Å². The first kappa shape index (κ1) is 17.6. The van der Waals surface area contributed by atoms with Gasteiger partial charge in [0.25, 0.3) is 5.91 Å². The Morgan fingerprint density at radius 1 is 1.40 bits per heavy atom. The van der Waals surface area contributed by atoms with Gasteiger partial charge in [-0.3, -0.25) is 15.2 Å². The Labute approximate surface area is 147 Å². The summed E-state index contributed by atoms with van der Waals surface area (Å²) in [5, 5.41) is 9.54. The molecule has 2 aromatic rings. The van der Waals surface area contributed by atoms with Gasteiger partial charge in [-0.05, 0) is 33.1 Å². The molecule has 0 saturated carbocycles. The van der Waals surface area contributed by atoms with Gasteiger partial charge in [-0.15, -0.1) is 5.10 Å². The fraction of sp³-hybridized carbons (Fsp3) is 0.500. The van der Waals surface area contributed by atoms with E-state index in [2.05, 4.69) is 20.5 Å². The zero-order chi connectivity index (χ0) is 17.6. The topological polar surface area (TPSA) is 89.1 Å². The van der Waals surface area contributed by atoms with Crippen molar-refractivity contribution >= 4 is 11.9 Å². The van der Waals surface area contributed by atoms with Crippen LogP contribution in [0, 0.1) is 6.92 Å². The molecule has 0 bridgehead atoms. The lowest BCUT2D eigenvalue weighted by Crippen LogP contribution is -2.32. The monoisotopic (exact) mass is 344 g/mol. The van der Waals surface area contributed by atoms with Crippen LogP contribution in [0.4, 0.5) is 5.95 Å². The van der Waals surface area contributed by atoms with E-state index in [0.717, 1.165) is 31.4 Å². The highest BCUT2D eigenvalue weighted by atomic mass is 16.5. The molecule has 2 atom stereocenters. The van der Waals surface area contributed by atoms with E-state index in [1.807, 2.05) is 31.2 Å². The average molecular weight is 344 g/mol. The summed E-state index contributed by atoms with van der Waals surface area (Å²) < 4.78 is 11.2. The summed E-state index contributed by atoms with van der Waals surface area (Å²) in [4.78, 5) is 16.5. The van der Waals surface area contributed by atoms with Gasteiger partial charge < -0.3 is 9.47 Å². The number of benzene rings is 1. The normalized spacial score (nSPS) is 18.7. The van der Waals surface area contributed by atoms with E-state index in [4.69, 9.17) is 9.47 Å². The molecule has 1 aromatic carbocycles. The third-order valence-corrected chi connectivity index (χ3v) is 4.22. The molecule has 7 heteroatoms. The second-order valence-electron chi connectivity index (χ2n) is 6.33. The minimum Gasteiger partial charge on any atom is -0.376 e.